The van der Waals surface area contributed by atoms with Gasteiger partial charge in [-0.1, -0.05) is 29.8 Å². The molecule has 0 aliphatic carbocycles. The van der Waals surface area contributed by atoms with Gasteiger partial charge >= 0.3 is 0 Å². The fraction of sp³-hybridized carbons (Fsp3) is 0.565. The minimum atomic E-state index is 0. The Hall–Kier alpha value is -1.61. The van der Waals surface area contributed by atoms with Gasteiger partial charge in [0.25, 0.3) is 0 Å². The van der Waals surface area contributed by atoms with Crippen LogP contribution in [0.4, 0.5) is 0 Å². The number of unbranched alkanes of at least 4 members (excludes halogenated alkanes) is 1. The number of guanidine groups is 1. The van der Waals surface area contributed by atoms with Crippen molar-refractivity contribution in [1.29, 1.82) is 0 Å². The van der Waals surface area contributed by atoms with Gasteiger partial charge in [-0.15, -0.1) is 24.0 Å². The van der Waals surface area contributed by atoms with E-state index in [-0.39, 0.29) is 24.0 Å². The third-order valence-corrected chi connectivity index (χ3v) is 5.68. The number of rotatable bonds is 8. The third kappa shape index (κ3) is 7.91. The topological polar surface area (TPSA) is 57.5 Å². The van der Waals surface area contributed by atoms with Crippen molar-refractivity contribution in [2.24, 2.45) is 4.99 Å². The van der Waals surface area contributed by atoms with Gasteiger partial charge in [-0.2, -0.15) is 0 Å². The quantitative estimate of drug-likeness (QED) is 0.239. The summed E-state index contributed by atoms with van der Waals surface area (Å²) in [5.74, 6) is 2.02. The number of aromatic nitrogens is 2. The average Bonchev–Trinajstić information content (AvgIpc) is 3.13. The Labute approximate surface area is 198 Å². The standard InChI is InChI=1S/C23H36N6.HI/c1-19-7-6-8-21(17-19)18-28-14-9-22(10-15-28)27-23(24-3)26-11-4-5-13-29-16-12-25-20(29)2;/h6-8,12,16-17,22H,4-5,9-11,13-15,18H2,1-3H3,(H2,24,26,27);1H. The van der Waals surface area contributed by atoms with Crippen LogP contribution in [0, 0.1) is 13.8 Å². The van der Waals surface area contributed by atoms with E-state index >= 15 is 0 Å². The zero-order valence-corrected chi connectivity index (χ0v) is 20.9. The molecular weight excluding hydrogens is 487 g/mol. The van der Waals surface area contributed by atoms with E-state index in [1.807, 2.05) is 13.2 Å². The number of aryl methyl sites for hydroxylation is 3. The summed E-state index contributed by atoms with van der Waals surface area (Å²) < 4.78 is 2.21. The zero-order valence-electron chi connectivity index (χ0n) is 18.6. The SMILES string of the molecule is CN=C(NCCCCn1ccnc1C)NC1CCN(Cc2cccc(C)c2)CC1.I. The van der Waals surface area contributed by atoms with Crippen LogP contribution in [0.15, 0.2) is 41.7 Å². The number of nitrogens with one attached hydrogen (secondary N) is 2. The Morgan fingerprint density at radius 3 is 2.67 bits per heavy atom. The van der Waals surface area contributed by atoms with Crippen molar-refractivity contribution in [1.82, 2.24) is 25.1 Å². The zero-order chi connectivity index (χ0) is 20.5. The fourth-order valence-electron chi connectivity index (χ4n) is 3.95. The number of imidazole rings is 1. The van der Waals surface area contributed by atoms with Gasteiger partial charge in [0.1, 0.15) is 5.82 Å². The van der Waals surface area contributed by atoms with Crippen LogP contribution in [0.2, 0.25) is 0 Å². The number of benzene rings is 1. The highest BCUT2D eigenvalue weighted by Gasteiger charge is 2.20. The highest BCUT2D eigenvalue weighted by Crippen LogP contribution is 2.14. The summed E-state index contributed by atoms with van der Waals surface area (Å²) in [5, 5.41) is 7.08. The number of piperidine rings is 1. The molecule has 1 aliphatic heterocycles. The Bertz CT molecular complexity index is 780. The van der Waals surface area contributed by atoms with Gasteiger partial charge in [0.15, 0.2) is 5.96 Å². The van der Waals surface area contributed by atoms with Crippen molar-refractivity contribution in [3.8, 4) is 0 Å². The molecule has 0 radical (unpaired) electrons. The molecule has 30 heavy (non-hydrogen) atoms. The number of likely N-dealkylation sites (tertiary alicyclic amines) is 1. The van der Waals surface area contributed by atoms with E-state index in [1.54, 1.807) is 0 Å². The van der Waals surface area contributed by atoms with E-state index in [4.69, 9.17) is 0 Å². The van der Waals surface area contributed by atoms with Gasteiger partial charge < -0.3 is 15.2 Å². The molecule has 0 bridgehead atoms. The van der Waals surface area contributed by atoms with Gasteiger partial charge in [0.2, 0.25) is 0 Å². The number of nitrogens with zero attached hydrogens (tertiary/aromatic N) is 4. The van der Waals surface area contributed by atoms with Gasteiger partial charge in [0, 0.05) is 58.2 Å². The van der Waals surface area contributed by atoms with E-state index in [1.165, 1.54) is 11.1 Å². The third-order valence-electron chi connectivity index (χ3n) is 5.68. The van der Waals surface area contributed by atoms with E-state index in [9.17, 15) is 0 Å². The van der Waals surface area contributed by atoms with E-state index in [0.717, 1.165) is 70.2 Å². The molecule has 2 heterocycles. The lowest BCUT2D eigenvalue weighted by Crippen LogP contribution is -2.48. The molecule has 3 rings (SSSR count). The first-order valence-corrected chi connectivity index (χ1v) is 10.9. The second-order valence-electron chi connectivity index (χ2n) is 8.06. The highest BCUT2D eigenvalue weighted by atomic mass is 127. The summed E-state index contributed by atoms with van der Waals surface area (Å²) in [5.41, 5.74) is 2.76. The van der Waals surface area contributed by atoms with Crippen LogP contribution >= 0.6 is 24.0 Å². The molecule has 0 atom stereocenters. The first kappa shape index (κ1) is 24.7. The first-order valence-electron chi connectivity index (χ1n) is 10.9. The van der Waals surface area contributed by atoms with Crippen molar-refractivity contribution >= 4 is 29.9 Å². The maximum absolute atomic E-state index is 4.41. The average molecular weight is 524 g/mol. The maximum atomic E-state index is 4.41. The number of hydrogen-bond acceptors (Lipinski definition) is 3. The normalized spacial score (nSPS) is 15.6. The van der Waals surface area contributed by atoms with Crippen molar-refractivity contribution in [2.75, 3.05) is 26.7 Å². The Kier molecular flexibility index (Phi) is 10.6. The molecule has 6 nitrogen and oxygen atoms in total. The van der Waals surface area contributed by atoms with E-state index in [2.05, 4.69) is 74.4 Å². The lowest BCUT2D eigenvalue weighted by atomic mass is 10.0. The Morgan fingerprint density at radius 2 is 2.00 bits per heavy atom. The number of halogens is 1. The lowest BCUT2D eigenvalue weighted by molar-refractivity contribution is 0.198. The summed E-state index contributed by atoms with van der Waals surface area (Å²) in [7, 11) is 1.86. The minimum absolute atomic E-state index is 0. The van der Waals surface area contributed by atoms with Gasteiger partial charge in [-0.05, 0) is 45.1 Å². The second-order valence-corrected chi connectivity index (χ2v) is 8.06. The molecule has 0 saturated carbocycles. The number of hydrogen-bond donors (Lipinski definition) is 2. The summed E-state index contributed by atoms with van der Waals surface area (Å²) in [6, 6.07) is 9.35. The van der Waals surface area contributed by atoms with Gasteiger partial charge in [-0.25, -0.2) is 4.98 Å². The van der Waals surface area contributed by atoms with Crippen LogP contribution in [0.3, 0.4) is 0 Å². The molecule has 166 valence electrons. The monoisotopic (exact) mass is 524 g/mol. The molecule has 2 N–H and O–H groups in total. The Morgan fingerprint density at radius 1 is 1.20 bits per heavy atom. The summed E-state index contributed by atoms with van der Waals surface area (Å²) in [4.78, 5) is 11.2. The van der Waals surface area contributed by atoms with Crippen LogP contribution in [0.25, 0.3) is 0 Å². The second kappa shape index (κ2) is 12.9. The smallest absolute Gasteiger partial charge is 0.191 e. The number of aliphatic imine (C=N–C) groups is 1. The fourth-order valence-corrected chi connectivity index (χ4v) is 3.95. The summed E-state index contributed by atoms with van der Waals surface area (Å²) in [6.07, 6.45) is 8.49. The Balaban J connectivity index is 0.00000320. The molecule has 1 aromatic carbocycles. The molecule has 0 amide bonds. The molecule has 1 aliphatic rings. The predicted octanol–water partition coefficient (Wildman–Crippen LogP) is 3.73. The molecule has 1 aromatic heterocycles. The molecule has 1 fully saturated rings. The maximum Gasteiger partial charge on any atom is 0.191 e. The first-order chi connectivity index (χ1) is 14.1. The van der Waals surface area contributed by atoms with E-state index < -0.39 is 0 Å². The van der Waals surface area contributed by atoms with Gasteiger partial charge in [0.05, 0.1) is 0 Å². The minimum Gasteiger partial charge on any atom is -0.356 e. The molecule has 2 aromatic rings. The van der Waals surface area contributed by atoms with Crippen molar-refractivity contribution in [3.05, 3.63) is 53.6 Å². The van der Waals surface area contributed by atoms with Crippen LogP contribution in [-0.4, -0.2) is 53.1 Å². The van der Waals surface area contributed by atoms with Gasteiger partial charge in [-0.3, -0.25) is 9.89 Å². The van der Waals surface area contributed by atoms with Crippen LogP contribution in [0.1, 0.15) is 42.6 Å². The lowest BCUT2D eigenvalue weighted by Gasteiger charge is -2.33. The van der Waals surface area contributed by atoms with Crippen LogP contribution in [-0.2, 0) is 13.1 Å². The molecule has 0 spiro atoms. The molecule has 7 heteroatoms. The van der Waals surface area contributed by atoms with Crippen LogP contribution < -0.4 is 10.6 Å². The largest absolute Gasteiger partial charge is 0.356 e. The molecule has 1 saturated heterocycles. The summed E-state index contributed by atoms with van der Waals surface area (Å²) in [6.45, 7) is 9.50. The van der Waals surface area contributed by atoms with Crippen LogP contribution in [0.5, 0.6) is 0 Å². The molecule has 0 unspecified atom stereocenters. The molecular formula is C23H37IN6. The predicted molar refractivity (Wildman–Crippen MR) is 136 cm³/mol. The van der Waals surface area contributed by atoms with Crippen molar-refractivity contribution < 1.29 is 0 Å². The van der Waals surface area contributed by atoms with Crippen molar-refractivity contribution in [2.45, 2.75) is 58.7 Å². The summed E-state index contributed by atoms with van der Waals surface area (Å²) >= 11 is 0. The van der Waals surface area contributed by atoms with E-state index in [0.29, 0.717) is 6.04 Å². The van der Waals surface area contributed by atoms with Crippen molar-refractivity contribution in [3.63, 3.8) is 0 Å². The highest BCUT2D eigenvalue weighted by molar-refractivity contribution is 14.0.